The summed E-state index contributed by atoms with van der Waals surface area (Å²) in [6.07, 6.45) is 5.88. The second-order valence-electron chi connectivity index (χ2n) is 6.00. The third kappa shape index (κ3) is 4.69. The third-order valence-corrected chi connectivity index (χ3v) is 6.44. The van der Waals surface area contributed by atoms with Crippen LogP contribution in [0.15, 0.2) is 27.6 Å². The van der Waals surface area contributed by atoms with Gasteiger partial charge >= 0.3 is 0 Å². The first-order chi connectivity index (χ1) is 9.88. The molecule has 0 aromatic heterocycles. The van der Waals surface area contributed by atoms with Crippen molar-refractivity contribution < 1.29 is 8.42 Å². The molecule has 0 atom stereocenters. The highest BCUT2D eigenvalue weighted by Crippen LogP contribution is 2.30. The number of sulfonamides is 1. The van der Waals surface area contributed by atoms with E-state index >= 15 is 0 Å². The normalized spacial score (nSPS) is 23.1. The van der Waals surface area contributed by atoms with E-state index in [1.54, 1.807) is 12.1 Å². The molecule has 0 unspecified atom stereocenters. The minimum absolute atomic E-state index is 0.223. The Morgan fingerprint density at radius 1 is 1.29 bits per heavy atom. The molecule has 1 aliphatic rings. The van der Waals surface area contributed by atoms with E-state index in [-0.39, 0.29) is 4.90 Å². The maximum atomic E-state index is 12.2. The van der Waals surface area contributed by atoms with Crippen LogP contribution in [0.1, 0.15) is 39.0 Å². The number of hydrogen-bond donors (Lipinski definition) is 2. The summed E-state index contributed by atoms with van der Waals surface area (Å²) in [5.74, 6) is 1.47. The van der Waals surface area contributed by atoms with Crippen molar-refractivity contribution in [3.05, 3.63) is 22.7 Å². The minimum Gasteiger partial charge on any atom is -0.398 e. The van der Waals surface area contributed by atoms with Gasteiger partial charge in [-0.2, -0.15) is 0 Å². The lowest BCUT2D eigenvalue weighted by Crippen LogP contribution is -2.27. The van der Waals surface area contributed by atoms with Gasteiger partial charge in [0.25, 0.3) is 0 Å². The molecule has 0 aliphatic heterocycles. The average molecular weight is 375 g/mol. The summed E-state index contributed by atoms with van der Waals surface area (Å²) in [5.41, 5.74) is 6.17. The number of halogens is 1. The van der Waals surface area contributed by atoms with Gasteiger partial charge in [0, 0.05) is 16.7 Å². The standard InChI is InChI=1S/C15H23BrN2O2S/c1-11-2-4-12(5-3-11)8-9-18-21(19,20)13-6-7-14(16)15(17)10-13/h6-7,10-12,18H,2-5,8-9,17H2,1H3. The highest BCUT2D eigenvalue weighted by Gasteiger charge is 2.19. The van der Waals surface area contributed by atoms with Crippen molar-refractivity contribution in [2.45, 2.75) is 43.9 Å². The van der Waals surface area contributed by atoms with Crippen LogP contribution in [0.5, 0.6) is 0 Å². The third-order valence-electron chi connectivity index (χ3n) is 4.26. The Bertz CT molecular complexity index is 581. The molecule has 0 amide bonds. The molecule has 0 radical (unpaired) electrons. The van der Waals surface area contributed by atoms with Crippen LogP contribution in [0.3, 0.4) is 0 Å². The SMILES string of the molecule is CC1CCC(CCNS(=O)(=O)c2ccc(Br)c(N)c2)CC1. The number of rotatable bonds is 5. The Balaban J connectivity index is 1.88. The molecule has 6 heteroatoms. The molecule has 4 nitrogen and oxygen atoms in total. The first-order valence-electron chi connectivity index (χ1n) is 7.43. The second kappa shape index (κ2) is 7.11. The number of benzene rings is 1. The maximum Gasteiger partial charge on any atom is 0.240 e. The molecule has 1 aromatic carbocycles. The number of nitrogen functional groups attached to an aromatic ring is 1. The van der Waals surface area contributed by atoms with E-state index in [0.29, 0.717) is 22.6 Å². The summed E-state index contributed by atoms with van der Waals surface area (Å²) < 4.78 is 27.8. The molecule has 1 aliphatic carbocycles. The minimum atomic E-state index is -3.46. The smallest absolute Gasteiger partial charge is 0.240 e. The Hall–Kier alpha value is -0.590. The lowest BCUT2D eigenvalue weighted by atomic mass is 9.81. The maximum absolute atomic E-state index is 12.2. The fourth-order valence-corrected chi connectivity index (χ4v) is 4.12. The van der Waals surface area contributed by atoms with Gasteiger partial charge in [-0.05, 0) is 52.4 Å². The number of anilines is 1. The van der Waals surface area contributed by atoms with Crippen LogP contribution in [0.4, 0.5) is 5.69 Å². The number of nitrogens with one attached hydrogen (secondary N) is 1. The molecule has 118 valence electrons. The first kappa shape index (κ1) is 16.8. The van der Waals surface area contributed by atoms with Crippen LogP contribution in [0.25, 0.3) is 0 Å². The van der Waals surface area contributed by atoms with Gasteiger partial charge < -0.3 is 5.73 Å². The second-order valence-corrected chi connectivity index (χ2v) is 8.62. The topological polar surface area (TPSA) is 72.2 Å². The van der Waals surface area contributed by atoms with Gasteiger partial charge in [0.05, 0.1) is 4.90 Å². The fraction of sp³-hybridized carbons (Fsp3) is 0.600. The van der Waals surface area contributed by atoms with Crippen molar-refractivity contribution in [3.63, 3.8) is 0 Å². The molecule has 1 fully saturated rings. The molecule has 0 heterocycles. The van der Waals surface area contributed by atoms with E-state index in [1.165, 1.54) is 31.7 Å². The van der Waals surface area contributed by atoms with Crippen LogP contribution in [0.2, 0.25) is 0 Å². The Morgan fingerprint density at radius 2 is 1.95 bits per heavy atom. The van der Waals surface area contributed by atoms with Gasteiger partial charge in [0.2, 0.25) is 10.0 Å². The molecule has 21 heavy (non-hydrogen) atoms. The predicted molar refractivity (Wildman–Crippen MR) is 89.5 cm³/mol. The van der Waals surface area contributed by atoms with Crippen molar-refractivity contribution in [2.24, 2.45) is 11.8 Å². The van der Waals surface area contributed by atoms with Crippen LogP contribution in [0, 0.1) is 11.8 Å². The summed E-state index contributed by atoms with van der Waals surface area (Å²) in [5, 5.41) is 0. The highest BCUT2D eigenvalue weighted by molar-refractivity contribution is 9.10. The average Bonchev–Trinajstić information content (AvgIpc) is 2.44. The summed E-state index contributed by atoms with van der Waals surface area (Å²) in [4.78, 5) is 0.223. The van der Waals surface area contributed by atoms with Crippen LogP contribution in [-0.4, -0.2) is 15.0 Å². The summed E-state index contributed by atoms with van der Waals surface area (Å²) >= 11 is 3.27. The Morgan fingerprint density at radius 3 is 2.57 bits per heavy atom. The molecule has 2 rings (SSSR count). The zero-order chi connectivity index (χ0) is 15.5. The highest BCUT2D eigenvalue weighted by atomic mass is 79.9. The first-order valence-corrected chi connectivity index (χ1v) is 9.71. The monoisotopic (exact) mass is 374 g/mol. The summed E-state index contributed by atoms with van der Waals surface area (Å²) in [6, 6.07) is 4.70. The summed E-state index contributed by atoms with van der Waals surface area (Å²) in [7, 11) is -3.46. The fourth-order valence-electron chi connectivity index (χ4n) is 2.79. The van der Waals surface area contributed by atoms with Gasteiger partial charge in [-0.25, -0.2) is 13.1 Å². The van der Waals surface area contributed by atoms with E-state index in [4.69, 9.17) is 5.73 Å². The van der Waals surface area contributed by atoms with E-state index in [9.17, 15) is 8.42 Å². The van der Waals surface area contributed by atoms with Gasteiger partial charge in [-0.1, -0.05) is 32.6 Å². The lowest BCUT2D eigenvalue weighted by molar-refractivity contribution is 0.278. The van der Waals surface area contributed by atoms with Crippen LogP contribution in [-0.2, 0) is 10.0 Å². The molecule has 1 aromatic rings. The van der Waals surface area contributed by atoms with E-state index in [0.717, 1.165) is 12.3 Å². The van der Waals surface area contributed by atoms with Gasteiger partial charge in [0.1, 0.15) is 0 Å². The van der Waals surface area contributed by atoms with Gasteiger partial charge in [-0.15, -0.1) is 0 Å². The summed E-state index contributed by atoms with van der Waals surface area (Å²) in [6.45, 7) is 2.79. The molecular weight excluding hydrogens is 352 g/mol. The molecule has 3 N–H and O–H groups in total. The van der Waals surface area contributed by atoms with Crippen molar-refractivity contribution in [2.75, 3.05) is 12.3 Å². The van der Waals surface area contributed by atoms with Crippen LogP contribution < -0.4 is 10.5 Å². The zero-order valence-corrected chi connectivity index (χ0v) is 14.7. The lowest BCUT2D eigenvalue weighted by Gasteiger charge is -2.26. The van der Waals surface area contributed by atoms with Crippen molar-refractivity contribution in [1.82, 2.24) is 4.72 Å². The Kier molecular flexibility index (Phi) is 5.68. The van der Waals surface area contributed by atoms with E-state index < -0.39 is 10.0 Å². The molecule has 1 saturated carbocycles. The van der Waals surface area contributed by atoms with Gasteiger partial charge in [0.15, 0.2) is 0 Å². The van der Waals surface area contributed by atoms with Crippen LogP contribution >= 0.6 is 15.9 Å². The molecule has 0 bridgehead atoms. The predicted octanol–water partition coefficient (Wildman–Crippen LogP) is 3.53. The Labute approximate surface area is 135 Å². The van der Waals surface area contributed by atoms with Crippen molar-refractivity contribution in [3.8, 4) is 0 Å². The zero-order valence-electron chi connectivity index (χ0n) is 12.3. The van der Waals surface area contributed by atoms with Gasteiger partial charge in [-0.3, -0.25) is 0 Å². The number of hydrogen-bond acceptors (Lipinski definition) is 3. The van der Waals surface area contributed by atoms with E-state index in [1.807, 2.05) is 0 Å². The number of nitrogens with two attached hydrogens (primary N) is 1. The van der Waals surface area contributed by atoms with Crippen molar-refractivity contribution in [1.29, 1.82) is 0 Å². The molecular formula is C15H23BrN2O2S. The quantitative estimate of drug-likeness (QED) is 0.774. The van der Waals surface area contributed by atoms with E-state index in [2.05, 4.69) is 27.6 Å². The van der Waals surface area contributed by atoms with Crippen molar-refractivity contribution >= 4 is 31.6 Å². The molecule has 0 spiro atoms. The molecule has 0 saturated heterocycles. The largest absolute Gasteiger partial charge is 0.398 e.